The van der Waals surface area contributed by atoms with E-state index < -0.39 is 0 Å². The molecular formula is C20H21NO4. The SMILES string of the molecule is CCC(=O)N1CCC23C4=CC=C(OC)[C@@H]2Oc2c(O)ccc(c23)C[C@H]41. The van der Waals surface area contributed by atoms with E-state index in [2.05, 4.69) is 6.08 Å². The van der Waals surface area contributed by atoms with Gasteiger partial charge < -0.3 is 19.5 Å². The average molecular weight is 339 g/mol. The van der Waals surface area contributed by atoms with Crippen LogP contribution < -0.4 is 4.74 Å². The Labute approximate surface area is 146 Å². The Bertz CT molecular complexity index is 855. The number of allylic oxidation sites excluding steroid dienone is 2. The van der Waals surface area contributed by atoms with E-state index in [0.29, 0.717) is 18.7 Å². The van der Waals surface area contributed by atoms with Gasteiger partial charge in [-0.25, -0.2) is 0 Å². The Morgan fingerprint density at radius 1 is 1.44 bits per heavy atom. The first-order chi connectivity index (χ1) is 12.1. The number of methoxy groups -OCH3 is 1. The second kappa shape index (κ2) is 4.81. The van der Waals surface area contributed by atoms with Crippen LogP contribution in [0.15, 0.2) is 35.6 Å². The fraction of sp³-hybridized carbons (Fsp3) is 0.450. The largest absolute Gasteiger partial charge is 0.504 e. The molecule has 25 heavy (non-hydrogen) atoms. The first kappa shape index (κ1) is 14.9. The summed E-state index contributed by atoms with van der Waals surface area (Å²) < 4.78 is 11.8. The van der Waals surface area contributed by atoms with Crippen molar-refractivity contribution < 1.29 is 19.4 Å². The second-order valence-electron chi connectivity index (χ2n) is 7.22. The first-order valence-corrected chi connectivity index (χ1v) is 8.89. The Hall–Kier alpha value is -2.43. The van der Waals surface area contributed by atoms with E-state index in [1.54, 1.807) is 13.2 Å². The van der Waals surface area contributed by atoms with Crippen molar-refractivity contribution in [3.05, 3.63) is 46.7 Å². The zero-order valence-electron chi connectivity index (χ0n) is 14.4. The third kappa shape index (κ3) is 1.61. The molecule has 3 atom stereocenters. The highest BCUT2D eigenvalue weighted by Gasteiger charge is 2.62. The molecule has 0 aromatic heterocycles. The number of phenolic OH excluding ortho intramolecular Hbond substituents is 1. The summed E-state index contributed by atoms with van der Waals surface area (Å²) in [4.78, 5) is 14.5. The van der Waals surface area contributed by atoms with Gasteiger partial charge in [0, 0.05) is 18.5 Å². The van der Waals surface area contributed by atoms with E-state index in [-0.39, 0.29) is 29.2 Å². The summed E-state index contributed by atoms with van der Waals surface area (Å²) in [6.45, 7) is 2.62. The van der Waals surface area contributed by atoms with Crippen LogP contribution in [0, 0.1) is 0 Å². The highest BCUT2D eigenvalue weighted by atomic mass is 16.5. The van der Waals surface area contributed by atoms with Crippen molar-refractivity contribution in [1.29, 1.82) is 0 Å². The van der Waals surface area contributed by atoms with Crippen LogP contribution in [0.3, 0.4) is 0 Å². The molecule has 2 aliphatic carbocycles. The number of nitrogens with zero attached hydrogens (tertiary/aromatic N) is 1. The van der Waals surface area contributed by atoms with Crippen LogP contribution in [-0.2, 0) is 21.4 Å². The smallest absolute Gasteiger partial charge is 0.222 e. The van der Waals surface area contributed by atoms with Gasteiger partial charge in [0.05, 0.1) is 18.6 Å². The number of amides is 1. The van der Waals surface area contributed by atoms with E-state index in [9.17, 15) is 9.90 Å². The minimum Gasteiger partial charge on any atom is -0.504 e. The van der Waals surface area contributed by atoms with E-state index in [1.807, 2.05) is 24.0 Å². The number of aromatic hydroxyl groups is 1. The van der Waals surface area contributed by atoms with Gasteiger partial charge in [-0.3, -0.25) is 4.79 Å². The third-order valence-electron chi connectivity index (χ3n) is 6.31. The number of ether oxygens (including phenoxy) is 2. The van der Waals surface area contributed by atoms with Crippen LogP contribution in [-0.4, -0.2) is 41.7 Å². The van der Waals surface area contributed by atoms with Crippen molar-refractivity contribution >= 4 is 5.91 Å². The molecule has 2 bridgehead atoms. The van der Waals surface area contributed by atoms with Crippen LogP contribution in [0.1, 0.15) is 30.9 Å². The van der Waals surface area contributed by atoms with Crippen LogP contribution >= 0.6 is 0 Å². The zero-order chi connectivity index (χ0) is 17.3. The maximum absolute atomic E-state index is 12.5. The highest BCUT2D eigenvalue weighted by Crippen LogP contribution is 2.62. The third-order valence-corrected chi connectivity index (χ3v) is 6.31. The van der Waals surface area contributed by atoms with Crippen LogP contribution in [0.2, 0.25) is 0 Å². The van der Waals surface area contributed by atoms with E-state index in [0.717, 1.165) is 24.2 Å². The van der Waals surface area contributed by atoms with E-state index in [4.69, 9.17) is 9.47 Å². The number of benzene rings is 1. The molecule has 1 saturated heterocycles. The number of piperidine rings is 1. The van der Waals surface area contributed by atoms with E-state index in [1.165, 1.54) is 11.1 Å². The number of rotatable bonds is 2. The summed E-state index contributed by atoms with van der Waals surface area (Å²) in [6, 6.07) is 3.75. The zero-order valence-corrected chi connectivity index (χ0v) is 14.4. The number of hydrogen-bond donors (Lipinski definition) is 1. The normalized spacial score (nSPS) is 30.9. The Morgan fingerprint density at radius 2 is 2.28 bits per heavy atom. The molecule has 1 unspecified atom stereocenters. The minimum absolute atomic E-state index is 0.0601. The second-order valence-corrected chi connectivity index (χ2v) is 7.22. The number of likely N-dealkylation sites (tertiary alicyclic amines) is 1. The monoisotopic (exact) mass is 339 g/mol. The van der Waals surface area contributed by atoms with Gasteiger partial charge in [0.2, 0.25) is 5.91 Å². The molecule has 4 aliphatic rings. The predicted molar refractivity (Wildman–Crippen MR) is 91.5 cm³/mol. The summed E-state index contributed by atoms with van der Waals surface area (Å²) in [5, 5.41) is 10.4. The topological polar surface area (TPSA) is 59.0 Å². The van der Waals surface area contributed by atoms with Crippen LogP contribution in [0.5, 0.6) is 11.5 Å². The molecule has 130 valence electrons. The minimum atomic E-state index is -0.322. The Balaban J connectivity index is 1.77. The summed E-state index contributed by atoms with van der Waals surface area (Å²) in [5.41, 5.74) is 3.18. The van der Waals surface area contributed by atoms with Crippen LogP contribution in [0.25, 0.3) is 0 Å². The molecule has 1 fully saturated rings. The summed E-state index contributed by atoms with van der Waals surface area (Å²) in [5.74, 6) is 1.75. The van der Waals surface area contributed by atoms with Crippen molar-refractivity contribution in [2.24, 2.45) is 0 Å². The molecule has 2 heterocycles. The summed E-state index contributed by atoms with van der Waals surface area (Å²) >= 11 is 0. The molecule has 2 aliphatic heterocycles. The molecule has 1 aromatic rings. The number of carbonyl (C=O) groups is 1. The van der Waals surface area contributed by atoms with Gasteiger partial charge in [-0.05, 0) is 36.1 Å². The van der Waals surface area contributed by atoms with E-state index >= 15 is 0 Å². The predicted octanol–water partition coefficient (Wildman–Crippen LogP) is 2.43. The van der Waals surface area contributed by atoms with Gasteiger partial charge in [0.25, 0.3) is 0 Å². The van der Waals surface area contributed by atoms with Crippen molar-refractivity contribution in [1.82, 2.24) is 4.90 Å². The van der Waals surface area contributed by atoms with Gasteiger partial charge in [-0.1, -0.05) is 19.1 Å². The lowest BCUT2D eigenvalue weighted by atomic mass is 9.57. The van der Waals surface area contributed by atoms with Gasteiger partial charge in [0.1, 0.15) is 5.76 Å². The lowest BCUT2D eigenvalue weighted by Gasteiger charge is -2.53. The van der Waals surface area contributed by atoms with Gasteiger partial charge in [-0.15, -0.1) is 0 Å². The number of carbonyl (C=O) groups excluding carboxylic acids is 1. The number of hydrogen-bond acceptors (Lipinski definition) is 4. The molecule has 5 nitrogen and oxygen atoms in total. The first-order valence-electron chi connectivity index (χ1n) is 8.89. The van der Waals surface area contributed by atoms with Crippen molar-refractivity contribution in [2.45, 2.75) is 43.7 Å². The standard InChI is InChI=1S/C20H21NO4/c1-3-16(23)21-9-8-20-12-5-7-15(24-2)19(20)25-18-14(22)6-4-11(17(18)20)10-13(12)21/h4-7,13,19,22H,3,8-10H2,1-2H3/t13-,19+,20?/m1/s1. The maximum atomic E-state index is 12.5. The Kier molecular flexibility index (Phi) is 2.86. The molecule has 1 amide bonds. The molecule has 5 heteroatoms. The van der Waals surface area contributed by atoms with Gasteiger partial charge >= 0.3 is 0 Å². The van der Waals surface area contributed by atoms with Crippen molar-refractivity contribution in [2.75, 3.05) is 13.7 Å². The molecular weight excluding hydrogens is 318 g/mol. The maximum Gasteiger partial charge on any atom is 0.222 e. The quantitative estimate of drug-likeness (QED) is 0.899. The van der Waals surface area contributed by atoms with Crippen molar-refractivity contribution in [3.8, 4) is 11.5 Å². The highest BCUT2D eigenvalue weighted by molar-refractivity contribution is 5.79. The molecule has 1 N–H and O–H groups in total. The van der Waals surface area contributed by atoms with Gasteiger partial charge in [0.15, 0.2) is 17.6 Å². The number of phenols is 1. The lowest BCUT2D eigenvalue weighted by molar-refractivity contribution is -0.134. The average Bonchev–Trinajstić information content (AvgIpc) is 2.97. The lowest BCUT2D eigenvalue weighted by Crippen LogP contribution is -2.60. The Morgan fingerprint density at radius 3 is 3.04 bits per heavy atom. The van der Waals surface area contributed by atoms with Crippen molar-refractivity contribution in [3.63, 3.8) is 0 Å². The summed E-state index contributed by atoms with van der Waals surface area (Å²) in [7, 11) is 1.66. The van der Waals surface area contributed by atoms with Crippen LogP contribution in [0.4, 0.5) is 0 Å². The molecule has 1 spiro atoms. The molecule has 1 aromatic carbocycles. The molecule has 5 rings (SSSR count). The molecule has 0 saturated carbocycles. The summed E-state index contributed by atoms with van der Waals surface area (Å²) in [6.07, 6.45) is 5.88. The van der Waals surface area contributed by atoms with Gasteiger partial charge in [-0.2, -0.15) is 0 Å². The fourth-order valence-corrected chi connectivity index (χ4v) is 5.28. The molecule has 0 radical (unpaired) electrons. The fourth-order valence-electron chi connectivity index (χ4n) is 5.28.